The Morgan fingerprint density at radius 1 is 1.18 bits per heavy atom. The summed E-state index contributed by atoms with van der Waals surface area (Å²) in [4.78, 5) is 26.6. The molecule has 2 aromatic heterocycles. The van der Waals surface area contributed by atoms with Crippen LogP contribution >= 0.6 is 11.3 Å². The monoisotopic (exact) mass is 465 g/mol. The van der Waals surface area contributed by atoms with Crippen molar-refractivity contribution in [3.63, 3.8) is 0 Å². The van der Waals surface area contributed by atoms with Crippen molar-refractivity contribution in [2.45, 2.75) is 6.92 Å². The summed E-state index contributed by atoms with van der Waals surface area (Å²) in [6, 6.07) is 11.3. The Morgan fingerprint density at radius 3 is 2.64 bits per heavy atom. The fourth-order valence-corrected chi connectivity index (χ4v) is 4.07. The number of aromatic nitrogens is 1. The molecule has 0 saturated carbocycles. The van der Waals surface area contributed by atoms with E-state index in [0.29, 0.717) is 28.2 Å². The molecule has 0 fully saturated rings. The molecule has 0 aliphatic rings. The highest BCUT2D eigenvalue weighted by Gasteiger charge is 2.17. The van der Waals surface area contributed by atoms with E-state index in [0.717, 1.165) is 34.0 Å². The fourth-order valence-electron chi connectivity index (χ4n) is 3.43. The zero-order chi connectivity index (χ0) is 23.5. The van der Waals surface area contributed by atoms with E-state index in [-0.39, 0.29) is 10.1 Å². The molecular formula is C23H19N3O6S. The second-order valence-corrected chi connectivity index (χ2v) is 7.98. The summed E-state index contributed by atoms with van der Waals surface area (Å²) >= 11 is 0.786. The van der Waals surface area contributed by atoms with Gasteiger partial charge in [-0.25, -0.2) is 4.98 Å². The van der Waals surface area contributed by atoms with Crippen molar-refractivity contribution in [2.24, 2.45) is 0 Å². The highest BCUT2D eigenvalue weighted by molar-refractivity contribution is 7.18. The number of furan rings is 1. The van der Waals surface area contributed by atoms with Gasteiger partial charge in [-0.2, -0.15) is 0 Å². The molecule has 0 spiro atoms. The Morgan fingerprint density at radius 2 is 1.94 bits per heavy atom. The molecule has 4 rings (SSSR count). The van der Waals surface area contributed by atoms with Crippen LogP contribution in [0.25, 0.3) is 27.7 Å². The van der Waals surface area contributed by atoms with Gasteiger partial charge < -0.3 is 13.9 Å². The van der Waals surface area contributed by atoms with Crippen molar-refractivity contribution in [3.8, 4) is 22.6 Å². The minimum absolute atomic E-state index is 0.145. The van der Waals surface area contributed by atoms with Crippen LogP contribution in [0.2, 0.25) is 0 Å². The summed E-state index contributed by atoms with van der Waals surface area (Å²) in [5, 5.41) is 14.2. The second-order valence-electron chi connectivity index (χ2n) is 6.98. The van der Waals surface area contributed by atoms with Crippen LogP contribution in [-0.2, 0) is 4.79 Å². The Balaban J connectivity index is 1.71. The van der Waals surface area contributed by atoms with Gasteiger partial charge in [0.2, 0.25) is 5.91 Å². The molecule has 0 bridgehead atoms. The van der Waals surface area contributed by atoms with Gasteiger partial charge in [0.15, 0.2) is 5.13 Å². The van der Waals surface area contributed by atoms with E-state index in [1.165, 1.54) is 13.2 Å². The molecule has 0 saturated heterocycles. The normalized spacial score (nSPS) is 11.4. The van der Waals surface area contributed by atoms with Crippen molar-refractivity contribution in [3.05, 3.63) is 70.6 Å². The van der Waals surface area contributed by atoms with E-state index >= 15 is 0 Å². The van der Waals surface area contributed by atoms with Gasteiger partial charge in [0.25, 0.3) is 0 Å². The summed E-state index contributed by atoms with van der Waals surface area (Å²) < 4.78 is 16.8. The van der Waals surface area contributed by atoms with Crippen LogP contribution in [0, 0.1) is 10.1 Å². The van der Waals surface area contributed by atoms with E-state index in [9.17, 15) is 14.9 Å². The van der Waals surface area contributed by atoms with Crippen LogP contribution in [-0.4, -0.2) is 30.0 Å². The molecule has 0 atom stereocenters. The van der Waals surface area contributed by atoms with Crippen molar-refractivity contribution in [1.82, 2.24) is 4.98 Å². The second kappa shape index (κ2) is 9.13. The molecule has 10 heteroatoms. The van der Waals surface area contributed by atoms with Crippen molar-refractivity contribution in [2.75, 3.05) is 19.5 Å². The number of nitro groups is 1. The number of hydrogen-bond acceptors (Lipinski definition) is 8. The maximum Gasteiger partial charge on any atom is 0.345 e. The van der Waals surface area contributed by atoms with Gasteiger partial charge in [-0.3, -0.25) is 20.2 Å². The van der Waals surface area contributed by atoms with Gasteiger partial charge >= 0.3 is 5.00 Å². The Bertz CT molecular complexity index is 1390. The smallest absolute Gasteiger partial charge is 0.345 e. The lowest BCUT2D eigenvalue weighted by molar-refractivity contribution is -0.380. The van der Waals surface area contributed by atoms with Crippen LogP contribution in [0.5, 0.6) is 11.5 Å². The number of rotatable bonds is 7. The third-order valence-corrected chi connectivity index (χ3v) is 5.83. The third-order valence-electron chi connectivity index (χ3n) is 4.97. The predicted octanol–water partition coefficient (Wildman–Crippen LogP) is 5.52. The molecule has 0 aliphatic carbocycles. The number of allylic oxidation sites excluding steroid dienone is 1. The molecular weight excluding hydrogens is 446 g/mol. The number of methoxy groups -OCH3 is 2. The molecule has 4 aromatic rings. The quantitative estimate of drug-likeness (QED) is 0.217. The summed E-state index contributed by atoms with van der Waals surface area (Å²) in [6.07, 6.45) is 4.15. The van der Waals surface area contributed by atoms with E-state index in [2.05, 4.69) is 10.3 Å². The largest absolute Gasteiger partial charge is 0.496 e. The molecule has 1 amide bonds. The lowest BCUT2D eigenvalue weighted by Gasteiger charge is -2.11. The van der Waals surface area contributed by atoms with Crippen LogP contribution in [0.4, 0.5) is 10.1 Å². The first-order valence-corrected chi connectivity index (χ1v) is 10.6. The number of ether oxygens (including phenoxy) is 2. The number of carbonyl (C=O) groups excluding carboxylic acids is 1. The number of thiazole rings is 1. The topological polar surface area (TPSA) is 117 Å². The van der Waals surface area contributed by atoms with Crippen molar-refractivity contribution in [1.29, 1.82) is 0 Å². The first kappa shape index (κ1) is 22.0. The fraction of sp³-hybridized carbons (Fsp3) is 0.130. The molecule has 1 N–H and O–H groups in total. The van der Waals surface area contributed by atoms with Crippen LogP contribution in [0.1, 0.15) is 12.5 Å². The average molecular weight is 465 g/mol. The number of para-hydroxylation sites is 1. The summed E-state index contributed by atoms with van der Waals surface area (Å²) in [5.74, 6) is 0.785. The summed E-state index contributed by atoms with van der Waals surface area (Å²) in [7, 11) is 3.15. The maximum atomic E-state index is 12.5. The number of benzene rings is 2. The van der Waals surface area contributed by atoms with Crippen LogP contribution < -0.4 is 14.8 Å². The van der Waals surface area contributed by atoms with E-state index in [1.54, 1.807) is 26.4 Å². The number of nitrogens with one attached hydrogen (secondary N) is 1. The van der Waals surface area contributed by atoms with Crippen LogP contribution in [0.15, 0.2) is 59.4 Å². The first-order chi connectivity index (χ1) is 15.9. The standard InChI is InChI=1S/C23H19N3O6S/c1-13(8-21(27)25-23-24-11-22(33-23)26(28)29)15-9-16-17(12-32-20(16)10-19(15)31-3)14-6-4-5-7-18(14)30-2/h4-12H,1-3H3,(H,24,25,27)/b13-8+. The van der Waals surface area contributed by atoms with Gasteiger partial charge in [0, 0.05) is 34.2 Å². The predicted molar refractivity (Wildman–Crippen MR) is 126 cm³/mol. The summed E-state index contributed by atoms with van der Waals surface area (Å²) in [5.41, 5.74) is 3.68. The number of carbonyl (C=O) groups is 1. The number of fused-ring (bicyclic) bond motifs is 1. The van der Waals surface area contributed by atoms with Crippen LogP contribution in [0.3, 0.4) is 0 Å². The number of anilines is 1. The third kappa shape index (κ3) is 4.41. The number of amides is 1. The first-order valence-electron chi connectivity index (χ1n) is 9.73. The highest BCUT2D eigenvalue weighted by atomic mass is 32.1. The highest BCUT2D eigenvalue weighted by Crippen LogP contribution is 2.40. The molecule has 168 valence electrons. The molecule has 0 radical (unpaired) electrons. The number of nitrogens with zero attached hydrogens (tertiary/aromatic N) is 2. The molecule has 0 aliphatic heterocycles. The van der Waals surface area contributed by atoms with Crippen molar-refractivity contribution < 1.29 is 23.6 Å². The Kier molecular flexibility index (Phi) is 6.09. The van der Waals surface area contributed by atoms with Gasteiger partial charge in [-0.15, -0.1) is 0 Å². The zero-order valence-electron chi connectivity index (χ0n) is 17.9. The van der Waals surface area contributed by atoms with E-state index < -0.39 is 10.8 Å². The molecule has 9 nitrogen and oxygen atoms in total. The van der Waals surface area contributed by atoms with Gasteiger partial charge in [0.1, 0.15) is 23.3 Å². The van der Waals surface area contributed by atoms with Gasteiger partial charge in [-0.1, -0.05) is 18.2 Å². The maximum absolute atomic E-state index is 12.5. The molecule has 33 heavy (non-hydrogen) atoms. The average Bonchev–Trinajstić information content (AvgIpc) is 3.44. The molecule has 2 aromatic carbocycles. The number of hydrogen-bond donors (Lipinski definition) is 1. The SMILES string of the molecule is COc1cc2occ(-c3ccccc3OC)c2cc1/C(C)=C/C(=O)Nc1ncc([N+](=O)[O-])s1. The minimum atomic E-state index is -0.557. The zero-order valence-corrected chi connectivity index (χ0v) is 18.8. The molecule has 2 heterocycles. The van der Waals surface area contributed by atoms with E-state index in [4.69, 9.17) is 13.9 Å². The lowest BCUT2D eigenvalue weighted by atomic mass is 9.99. The van der Waals surface area contributed by atoms with Crippen molar-refractivity contribution >= 4 is 43.9 Å². The van der Waals surface area contributed by atoms with Gasteiger partial charge in [0.05, 0.1) is 25.4 Å². The van der Waals surface area contributed by atoms with E-state index in [1.807, 2.05) is 30.3 Å². The summed E-state index contributed by atoms with van der Waals surface area (Å²) in [6.45, 7) is 1.77. The lowest BCUT2D eigenvalue weighted by Crippen LogP contribution is -2.08. The Labute approximate surface area is 192 Å². The minimum Gasteiger partial charge on any atom is -0.496 e. The Hall–Kier alpha value is -4.18. The molecule has 0 unspecified atom stereocenters. The van der Waals surface area contributed by atoms with Gasteiger partial charge in [-0.05, 0) is 36.0 Å².